The predicted octanol–water partition coefficient (Wildman–Crippen LogP) is -0.717. The molecule has 110 valence electrons. The molecule has 1 rings (SSSR count). The Balaban J connectivity index is 2.60. The van der Waals surface area contributed by atoms with Crippen molar-refractivity contribution in [2.75, 3.05) is 20.2 Å². The fourth-order valence-corrected chi connectivity index (χ4v) is 1.89. The zero-order valence-corrected chi connectivity index (χ0v) is 11.9. The summed E-state index contributed by atoms with van der Waals surface area (Å²) in [4.78, 5) is 25.9. The lowest BCUT2D eigenvalue weighted by atomic mass is 10.3. The molecule has 9 heteroatoms. The number of carbonyl (C=O) groups is 2. The molecule has 20 heavy (non-hydrogen) atoms. The third-order valence-electron chi connectivity index (χ3n) is 2.24. The highest BCUT2D eigenvalue weighted by Gasteiger charge is 2.14. The number of carbonyl (C=O) groups excluding carboxylic acids is 2. The fraction of sp³-hybridized carbons (Fsp3) is 0.364. The molecule has 0 aliphatic rings. The number of hydrogen-bond donors (Lipinski definition) is 2. The molecule has 2 N–H and O–H groups in total. The molecule has 0 saturated carbocycles. The first-order valence-electron chi connectivity index (χ1n) is 5.68. The molecule has 1 aromatic heterocycles. The molecule has 0 aliphatic carbocycles. The van der Waals surface area contributed by atoms with E-state index in [1.165, 1.54) is 26.1 Å². The molecule has 0 atom stereocenters. The largest absolute Gasteiger partial charge is 0.464 e. The van der Waals surface area contributed by atoms with Gasteiger partial charge in [0.1, 0.15) is 6.61 Å². The Morgan fingerprint density at radius 1 is 1.35 bits per heavy atom. The van der Waals surface area contributed by atoms with Crippen LogP contribution < -0.4 is 10.0 Å². The summed E-state index contributed by atoms with van der Waals surface area (Å²) in [6.45, 7) is 1.50. The van der Waals surface area contributed by atoms with Crippen molar-refractivity contribution in [1.29, 1.82) is 0 Å². The lowest BCUT2D eigenvalue weighted by Crippen LogP contribution is -2.28. The number of hydrogen-bond acceptors (Lipinski definition) is 6. The molecule has 1 heterocycles. The van der Waals surface area contributed by atoms with Crippen molar-refractivity contribution in [1.82, 2.24) is 15.0 Å². The summed E-state index contributed by atoms with van der Waals surface area (Å²) in [5.41, 5.74) is 0.211. The fourth-order valence-electron chi connectivity index (χ4n) is 1.24. The molecule has 0 unspecified atom stereocenters. The van der Waals surface area contributed by atoms with E-state index >= 15 is 0 Å². The van der Waals surface area contributed by atoms with Gasteiger partial charge in [0.05, 0.1) is 12.1 Å². The maximum atomic E-state index is 11.7. The Morgan fingerprint density at radius 2 is 2.05 bits per heavy atom. The number of esters is 1. The van der Waals surface area contributed by atoms with Gasteiger partial charge in [0.25, 0.3) is 15.9 Å². The highest BCUT2D eigenvalue weighted by atomic mass is 32.2. The van der Waals surface area contributed by atoms with Gasteiger partial charge < -0.3 is 10.1 Å². The number of amides is 1. The topological polar surface area (TPSA) is 114 Å². The normalized spacial score (nSPS) is 10.9. The molecule has 1 amide bonds. The third kappa shape index (κ3) is 4.59. The molecular weight excluding hydrogens is 286 g/mol. The van der Waals surface area contributed by atoms with Crippen molar-refractivity contribution in [2.45, 2.75) is 11.9 Å². The van der Waals surface area contributed by atoms with E-state index in [0.29, 0.717) is 0 Å². The first-order chi connectivity index (χ1) is 9.36. The van der Waals surface area contributed by atoms with E-state index in [1.807, 2.05) is 0 Å². The first-order valence-corrected chi connectivity index (χ1v) is 7.16. The van der Waals surface area contributed by atoms with Crippen LogP contribution in [-0.2, 0) is 19.6 Å². The lowest BCUT2D eigenvalue weighted by Gasteiger charge is -2.06. The number of nitrogens with one attached hydrogen (secondary N) is 2. The van der Waals surface area contributed by atoms with Gasteiger partial charge in [0.2, 0.25) is 0 Å². The number of sulfonamides is 1. The quantitative estimate of drug-likeness (QED) is 0.529. The van der Waals surface area contributed by atoms with Gasteiger partial charge in [-0.3, -0.25) is 9.59 Å². The van der Waals surface area contributed by atoms with E-state index in [1.54, 1.807) is 0 Å². The average molecular weight is 301 g/mol. The summed E-state index contributed by atoms with van der Waals surface area (Å²) in [7, 11) is -2.35. The summed E-state index contributed by atoms with van der Waals surface area (Å²) in [5.74, 6) is -0.861. The second-order valence-electron chi connectivity index (χ2n) is 3.69. The van der Waals surface area contributed by atoms with E-state index in [9.17, 15) is 18.0 Å². The van der Waals surface area contributed by atoms with Crippen LogP contribution in [0, 0.1) is 0 Å². The van der Waals surface area contributed by atoms with Crippen molar-refractivity contribution >= 4 is 21.9 Å². The molecule has 0 radical (unpaired) electrons. The third-order valence-corrected chi connectivity index (χ3v) is 3.57. The minimum Gasteiger partial charge on any atom is -0.464 e. The number of rotatable bonds is 6. The molecule has 0 aromatic carbocycles. The molecule has 0 bridgehead atoms. The smallest absolute Gasteiger partial charge is 0.302 e. The van der Waals surface area contributed by atoms with Crippen LogP contribution in [0.15, 0.2) is 23.4 Å². The predicted molar refractivity (Wildman–Crippen MR) is 69.4 cm³/mol. The van der Waals surface area contributed by atoms with Crippen LogP contribution >= 0.6 is 0 Å². The minimum atomic E-state index is -3.62. The monoisotopic (exact) mass is 301 g/mol. The van der Waals surface area contributed by atoms with Crippen molar-refractivity contribution in [3.05, 3.63) is 23.9 Å². The van der Waals surface area contributed by atoms with Crippen LogP contribution in [0.25, 0.3) is 0 Å². The lowest BCUT2D eigenvalue weighted by molar-refractivity contribution is -0.140. The van der Waals surface area contributed by atoms with Gasteiger partial charge in [-0.2, -0.15) is 0 Å². The Hall–Kier alpha value is -2.00. The van der Waals surface area contributed by atoms with Gasteiger partial charge in [-0.15, -0.1) is 0 Å². The van der Waals surface area contributed by atoms with Crippen LogP contribution in [-0.4, -0.2) is 45.5 Å². The maximum absolute atomic E-state index is 11.7. The zero-order chi connectivity index (χ0) is 15.2. The summed E-state index contributed by atoms with van der Waals surface area (Å²) >= 11 is 0. The van der Waals surface area contributed by atoms with E-state index in [0.717, 1.165) is 6.20 Å². The van der Waals surface area contributed by atoms with Gasteiger partial charge in [0.15, 0.2) is 5.03 Å². The van der Waals surface area contributed by atoms with E-state index in [4.69, 9.17) is 0 Å². The molecule has 0 aliphatic heterocycles. The Morgan fingerprint density at radius 3 is 2.55 bits per heavy atom. The highest BCUT2D eigenvalue weighted by molar-refractivity contribution is 7.89. The van der Waals surface area contributed by atoms with E-state index in [2.05, 4.69) is 19.8 Å². The average Bonchev–Trinajstić information content (AvgIpc) is 2.43. The first kappa shape index (κ1) is 16.1. The maximum Gasteiger partial charge on any atom is 0.302 e. The zero-order valence-electron chi connectivity index (χ0n) is 11.0. The van der Waals surface area contributed by atoms with Crippen molar-refractivity contribution < 1.29 is 22.7 Å². The van der Waals surface area contributed by atoms with Crippen LogP contribution in [0.5, 0.6) is 0 Å². The summed E-state index contributed by atoms with van der Waals surface area (Å²) in [5, 5.41) is 2.34. The number of aromatic nitrogens is 1. The van der Waals surface area contributed by atoms with Crippen molar-refractivity contribution in [3.8, 4) is 0 Å². The Labute approximate surface area is 116 Å². The molecule has 0 fully saturated rings. The molecular formula is C11H15N3O5S. The Bertz CT molecular complexity index is 583. The van der Waals surface area contributed by atoms with Gasteiger partial charge in [-0.25, -0.2) is 18.1 Å². The van der Waals surface area contributed by atoms with Crippen LogP contribution in [0.2, 0.25) is 0 Å². The van der Waals surface area contributed by atoms with Crippen LogP contribution in [0.1, 0.15) is 17.3 Å². The molecule has 1 aromatic rings. The van der Waals surface area contributed by atoms with Crippen molar-refractivity contribution in [3.63, 3.8) is 0 Å². The highest BCUT2D eigenvalue weighted by Crippen LogP contribution is 2.05. The SMILES string of the molecule is CNS(=O)(=O)c1ccc(C(=O)NCCOC(C)=O)cn1. The molecule has 8 nitrogen and oxygen atoms in total. The number of ether oxygens (including phenoxy) is 1. The molecule has 0 spiro atoms. The van der Waals surface area contributed by atoms with Crippen LogP contribution in [0.3, 0.4) is 0 Å². The van der Waals surface area contributed by atoms with Gasteiger partial charge >= 0.3 is 5.97 Å². The summed E-state index contributed by atoms with van der Waals surface area (Å²) < 4.78 is 29.6. The number of pyridine rings is 1. The second-order valence-corrected chi connectivity index (χ2v) is 5.52. The van der Waals surface area contributed by atoms with E-state index in [-0.39, 0.29) is 23.7 Å². The van der Waals surface area contributed by atoms with Gasteiger partial charge in [-0.05, 0) is 19.2 Å². The minimum absolute atomic E-state index is 0.0702. The number of nitrogens with zero attached hydrogens (tertiary/aromatic N) is 1. The van der Waals surface area contributed by atoms with Crippen LogP contribution in [0.4, 0.5) is 0 Å². The van der Waals surface area contributed by atoms with Gasteiger partial charge in [0, 0.05) is 13.1 Å². The van der Waals surface area contributed by atoms with Crippen molar-refractivity contribution in [2.24, 2.45) is 0 Å². The molecule has 0 saturated heterocycles. The Kier molecular flexibility index (Phi) is 5.59. The van der Waals surface area contributed by atoms with E-state index < -0.39 is 21.9 Å². The summed E-state index contributed by atoms with van der Waals surface area (Å²) in [6.07, 6.45) is 1.16. The summed E-state index contributed by atoms with van der Waals surface area (Å²) in [6, 6.07) is 2.57. The van der Waals surface area contributed by atoms with Gasteiger partial charge in [-0.1, -0.05) is 0 Å². The standard InChI is InChI=1S/C11H15N3O5S/c1-8(15)19-6-5-13-11(16)9-3-4-10(14-7-9)20(17,18)12-2/h3-4,7,12H,5-6H2,1-2H3,(H,13,16). The second kappa shape index (κ2) is 6.96.